The van der Waals surface area contributed by atoms with Crippen molar-refractivity contribution in [2.24, 2.45) is 0 Å². The van der Waals surface area contributed by atoms with Crippen molar-refractivity contribution >= 4 is 34.0 Å². The first-order chi connectivity index (χ1) is 9.02. The summed E-state index contributed by atoms with van der Waals surface area (Å²) in [7, 11) is 0. The van der Waals surface area contributed by atoms with Crippen LogP contribution in [-0.4, -0.2) is 17.6 Å². The Bertz CT molecular complexity index is 664. The average Bonchev–Trinajstić information content (AvgIpc) is 2.38. The van der Waals surface area contributed by atoms with E-state index < -0.39 is 0 Å². The number of hydrogen-bond acceptors (Lipinski definition) is 3. The monoisotopic (exact) mass is 275 g/mol. The van der Waals surface area contributed by atoms with Crippen molar-refractivity contribution in [2.45, 2.75) is 13.8 Å². The molecule has 1 aromatic heterocycles. The third kappa shape index (κ3) is 2.76. The SMILES string of the molecule is C=C(C)c1cc(Cl)c2ccc(C(=O)OCC)cc2n1. The molecule has 0 bridgehead atoms. The minimum absolute atomic E-state index is 0.344. The van der Waals surface area contributed by atoms with Gasteiger partial charge in [-0.05, 0) is 37.6 Å². The summed E-state index contributed by atoms with van der Waals surface area (Å²) >= 11 is 6.20. The van der Waals surface area contributed by atoms with E-state index in [1.54, 1.807) is 31.2 Å². The predicted molar refractivity (Wildman–Crippen MR) is 77.4 cm³/mol. The van der Waals surface area contributed by atoms with Crippen LogP contribution in [0.2, 0.25) is 5.02 Å². The van der Waals surface area contributed by atoms with E-state index in [-0.39, 0.29) is 5.97 Å². The Labute approximate surface area is 116 Å². The molecule has 3 nitrogen and oxygen atoms in total. The maximum Gasteiger partial charge on any atom is 0.338 e. The van der Waals surface area contributed by atoms with Gasteiger partial charge in [-0.15, -0.1) is 0 Å². The van der Waals surface area contributed by atoms with E-state index in [2.05, 4.69) is 11.6 Å². The molecule has 2 aromatic rings. The van der Waals surface area contributed by atoms with Gasteiger partial charge in [-0.1, -0.05) is 24.2 Å². The van der Waals surface area contributed by atoms with E-state index in [9.17, 15) is 4.79 Å². The fourth-order valence-corrected chi connectivity index (χ4v) is 2.01. The van der Waals surface area contributed by atoms with Crippen molar-refractivity contribution in [1.82, 2.24) is 4.98 Å². The summed E-state index contributed by atoms with van der Waals surface area (Å²) in [6.07, 6.45) is 0. The summed E-state index contributed by atoms with van der Waals surface area (Å²) in [5, 5.41) is 1.40. The Morgan fingerprint density at radius 2 is 2.16 bits per heavy atom. The zero-order valence-electron chi connectivity index (χ0n) is 10.9. The average molecular weight is 276 g/mol. The third-order valence-corrected chi connectivity index (χ3v) is 3.02. The van der Waals surface area contributed by atoms with E-state index in [1.165, 1.54) is 0 Å². The molecule has 0 amide bonds. The molecule has 2 rings (SSSR count). The molecular formula is C15H14ClNO2. The number of esters is 1. The van der Waals surface area contributed by atoms with Gasteiger partial charge in [0.2, 0.25) is 0 Å². The van der Waals surface area contributed by atoms with Crippen LogP contribution in [-0.2, 0) is 4.74 Å². The summed E-state index contributed by atoms with van der Waals surface area (Å²) in [6, 6.07) is 6.93. The third-order valence-electron chi connectivity index (χ3n) is 2.71. The Balaban J connectivity index is 2.57. The molecule has 0 radical (unpaired) electrons. The van der Waals surface area contributed by atoms with Crippen molar-refractivity contribution in [3.63, 3.8) is 0 Å². The highest BCUT2D eigenvalue weighted by Crippen LogP contribution is 2.26. The molecule has 0 aliphatic heterocycles. The molecule has 0 unspecified atom stereocenters. The second kappa shape index (κ2) is 5.41. The first kappa shape index (κ1) is 13.6. The molecule has 98 valence electrons. The van der Waals surface area contributed by atoms with E-state index >= 15 is 0 Å². The van der Waals surface area contributed by atoms with Crippen LogP contribution in [0, 0.1) is 0 Å². The topological polar surface area (TPSA) is 39.2 Å². The van der Waals surface area contributed by atoms with Crippen LogP contribution in [0.1, 0.15) is 29.9 Å². The summed E-state index contributed by atoms with van der Waals surface area (Å²) in [5.74, 6) is -0.358. The number of halogens is 1. The highest BCUT2D eigenvalue weighted by molar-refractivity contribution is 6.35. The molecule has 0 spiro atoms. The molecule has 0 saturated carbocycles. The maximum atomic E-state index is 11.7. The molecule has 1 heterocycles. The number of carbonyl (C=O) groups excluding carboxylic acids is 1. The predicted octanol–water partition coefficient (Wildman–Crippen LogP) is 4.10. The van der Waals surface area contributed by atoms with Crippen molar-refractivity contribution < 1.29 is 9.53 Å². The summed E-state index contributed by atoms with van der Waals surface area (Å²) in [6.45, 7) is 7.82. The highest BCUT2D eigenvalue weighted by atomic mass is 35.5. The van der Waals surface area contributed by atoms with Crippen molar-refractivity contribution in [1.29, 1.82) is 0 Å². The van der Waals surface area contributed by atoms with Gasteiger partial charge < -0.3 is 4.74 Å². The van der Waals surface area contributed by atoms with E-state index in [0.717, 1.165) is 16.7 Å². The Hall–Kier alpha value is -1.87. The Kier molecular flexibility index (Phi) is 3.86. The van der Waals surface area contributed by atoms with Crippen LogP contribution in [0.25, 0.3) is 16.5 Å². The van der Waals surface area contributed by atoms with Crippen LogP contribution in [0.3, 0.4) is 0 Å². The van der Waals surface area contributed by atoms with Crippen LogP contribution in [0.5, 0.6) is 0 Å². The molecule has 0 fully saturated rings. The number of allylic oxidation sites excluding steroid dienone is 1. The minimum Gasteiger partial charge on any atom is -0.462 e. The van der Waals surface area contributed by atoms with Gasteiger partial charge in [-0.25, -0.2) is 9.78 Å². The smallest absolute Gasteiger partial charge is 0.338 e. The Morgan fingerprint density at radius 1 is 1.42 bits per heavy atom. The number of rotatable bonds is 3. The quantitative estimate of drug-likeness (QED) is 0.792. The number of nitrogens with zero attached hydrogens (tertiary/aromatic N) is 1. The molecule has 19 heavy (non-hydrogen) atoms. The normalized spacial score (nSPS) is 10.5. The van der Waals surface area contributed by atoms with Crippen LogP contribution in [0.15, 0.2) is 30.8 Å². The number of carbonyl (C=O) groups is 1. The summed E-state index contributed by atoms with van der Waals surface area (Å²) < 4.78 is 4.97. The van der Waals surface area contributed by atoms with Gasteiger partial charge >= 0.3 is 5.97 Å². The second-order valence-corrected chi connectivity index (χ2v) is 4.63. The summed E-state index contributed by atoms with van der Waals surface area (Å²) in [4.78, 5) is 16.1. The lowest BCUT2D eigenvalue weighted by Gasteiger charge is -2.07. The number of hydrogen-bond donors (Lipinski definition) is 0. The molecular weight excluding hydrogens is 262 g/mol. The number of aromatic nitrogens is 1. The fourth-order valence-electron chi connectivity index (χ4n) is 1.75. The first-order valence-electron chi connectivity index (χ1n) is 5.96. The zero-order chi connectivity index (χ0) is 14.0. The van der Waals surface area contributed by atoms with E-state index in [1.807, 2.05) is 6.92 Å². The lowest BCUT2D eigenvalue weighted by atomic mass is 10.1. The van der Waals surface area contributed by atoms with E-state index in [0.29, 0.717) is 22.7 Å². The van der Waals surface area contributed by atoms with Crippen LogP contribution < -0.4 is 0 Å². The van der Waals surface area contributed by atoms with E-state index in [4.69, 9.17) is 16.3 Å². The lowest BCUT2D eigenvalue weighted by molar-refractivity contribution is 0.0526. The number of benzene rings is 1. The number of pyridine rings is 1. The molecule has 0 aliphatic rings. The first-order valence-corrected chi connectivity index (χ1v) is 6.34. The van der Waals surface area contributed by atoms with Crippen LogP contribution in [0.4, 0.5) is 0 Å². The van der Waals surface area contributed by atoms with Gasteiger partial charge in [0, 0.05) is 5.39 Å². The maximum absolute atomic E-state index is 11.7. The van der Waals surface area contributed by atoms with Crippen molar-refractivity contribution in [3.05, 3.63) is 47.1 Å². The van der Waals surface area contributed by atoms with Crippen molar-refractivity contribution in [2.75, 3.05) is 6.61 Å². The van der Waals surface area contributed by atoms with Gasteiger partial charge in [0.25, 0.3) is 0 Å². The number of ether oxygens (including phenoxy) is 1. The van der Waals surface area contributed by atoms with Crippen molar-refractivity contribution in [3.8, 4) is 0 Å². The van der Waals surface area contributed by atoms with Gasteiger partial charge in [-0.2, -0.15) is 0 Å². The fraction of sp³-hybridized carbons (Fsp3) is 0.200. The Morgan fingerprint density at radius 3 is 2.79 bits per heavy atom. The molecule has 4 heteroatoms. The second-order valence-electron chi connectivity index (χ2n) is 4.22. The molecule has 0 saturated heterocycles. The lowest BCUT2D eigenvalue weighted by Crippen LogP contribution is -2.04. The number of fused-ring (bicyclic) bond motifs is 1. The van der Waals surface area contributed by atoms with Crippen LogP contribution >= 0.6 is 11.6 Å². The standard InChI is InChI=1S/C15H14ClNO2/c1-4-19-15(18)10-5-6-11-12(16)8-13(9(2)3)17-14(11)7-10/h5-8H,2,4H2,1,3H3. The zero-order valence-corrected chi connectivity index (χ0v) is 11.6. The largest absolute Gasteiger partial charge is 0.462 e. The minimum atomic E-state index is -0.358. The van der Waals surface area contributed by atoms with Gasteiger partial charge in [0.15, 0.2) is 0 Å². The summed E-state index contributed by atoms with van der Waals surface area (Å²) in [5.41, 5.74) is 2.68. The molecule has 0 atom stereocenters. The molecule has 1 aromatic carbocycles. The van der Waals surface area contributed by atoms with Gasteiger partial charge in [0.1, 0.15) is 0 Å². The van der Waals surface area contributed by atoms with Gasteiger partial charge in [-0.3, -0.25) is 0 Å². The highest BCUT2D eigenvalue weighted by Gasteiger charge is 2.10. The van der Waals surface area contributed by atoms with Gasteiger partial charge in [0.05, 0.1) is 28.4 Å². The molecule has 0 aliphatic carbocycles. The molecule has 0 N–H and O–H groups in total.